The van der Waals surface area contributed by atoms with E-state index in [1.807, 2.05) is 7.11 Å². The van der Waals surface area contributed by atoms with Crippen molar-refractivity contribution >= 4 is 5.57 Å². The first kappa shape index (κ1) is 54.3. The minimum Gasteiger partial charge on any atom is -0.496 e. The van der Waals surface area contributed by atoms with Gasteiger partial charge < -0.3 is 4.74 Å². The molecular formula is C69H86NO+. The van der Waals surface area contributed by atoms with E-state index in [2.05, 4.69) is 269 Å². The Hall–Kier alpha value is -5.99. The molecule has 2 nitrogen and oxygen atoms in total. The Labute approximate surface area is 431 Å². The average Bonchev–Trinajstić information content (AvgIpc) is 3.32. The van der Waals surface area contributed by atoms with Crippen LogP contribution in [0.1, 0.15) is 161 Å². The number of benzene rings is 6. The summed E-state index contributed by atoms with van der Waals surface area (Å²) in [5, 5.41) is 0. The summed E-state index contributed by atoms with van der Waals surface area (Å²) >= 11 is 0. The number of allylic oxidation sites excluding steroid dienone is 2. The molecule has 71 heavy (non-hydrogen) atoms. The molecule has 0 spiro atoms. The lowest BCUT2D eigenvalue weighted by molar-refractivity contribution is -0.364. The molecule has 0 aliphatic carbocycles. The molecule has 0 aliphatic heterocycles. The predicted octanol–water partition coefficient (Wildman–Crippen LogP) is 18.9. The summed E-state index contributed by atoms with van der Waals surface area (Å²) in [4.78, 5) is 3.62. The Balaban J connectivity index is 0.000000383. The number of H-pyrrole nitrogens is 1. The van der Waals surface area contributed by atoms with Crippen molar-refractivity contribution in [1.29, 1.82) is 0 Å². The summed E-state index contributed by atoms with van der Waals surface area (Å²) in [6, 6.07) is 49.2. The molecule has 0 atom stereocenters. The molecule has 1 aromatic heterocycles. The summed E-state index contributed by atoms with van der Waals surface area (Å²) in [5.74, 6) is 1.34. The second-order valence-corrected chi connectivity index (χ2v) is 24.3. The van der Waals surface area contributed by atoms with Gasteiger partial charge in [-0.3, -0.25) is 0 Å². The zero-order chi connectivity index (χ0) is 52.2. The zero-order valence-electron chi connectivity index (χ0n) is 47.2. The molecule has 0 radical (unpaired) electrons. The van der Waals surface area contributed by atoms with Crippen molar-refractivity contribution < 1.29 is 9.72 Å². The van der Waals surface area contributed by atoms with E-state index >= 15 is 0 Å². The molecule has 0 saturated heterocycles. The topological polar surface area (TPSA) is 23.4 Å². The lowest BCUT2D eigenvalue weighted by atomic mass is 9.76. The van der Waals surface area contributed by atoms with Gasteiger partial charge in [0.1, 0.15) is 5.75 Å². The number of aryl methyl sites for hydroxylation is 2. The smallest absolute Gasteiger partial charge is 0.211 e. The fraction of sp³-hybridized carbons (Fsp3) is 0.377. The van der Waals surface area contributed by atoms with Crippen molar-refractivity contribution in [2.45, 2.75) is 159 Å². The maximum absolute atomic E-state index is 6.30. The second-order valence-electron chi connectivity index (χ2n) is 24.3. The van der Waals surface area contributed by atoms with E-state index < -0.39 is 0 Å². The Morgan fingerprint density at radius 2 is 1.10 bits per heavy atom. The summed E-state index contributed by atoms with van der Waals surface area (Å²) in [7, 11) is 1.84. The van der Waals surface area contributed by atoms with Crippen LogP contribution in [0, 0.1) is 19.8 Å². The molecule has 0 unspecified atom stereocenters. The van der Waals surface area contributed by atoms with E-state index in [1.54, 1.807) is 0 Å². The van der Waals surface area contributed by atoms with Crippen LogP contribution in [0.4, 0.5) is 0 Å². The fourth-order valence-electron chi connectivity index (χ4n) is 9.82. The minimum atomic E-state index is -0.0613. The maximum Gasteiger partial charge on any atom is 0.211 e. The van der Waals surface area contributed by atoms with Crippen molar-refractivity contribution in [2.24, 2.45) is 5.92 Å². The molecule has 0 amide bonds. The quantitative estimate of drug-likeness (QED) is 0.134. The predicted molar refractivity (Wildman–Crippen MR) is 309 cm³/mol. The van der Waals surface area contributed by atoms with Gasteiger partial charge in [0.2, 0.25) is 5.69 Å². The molecule has 2 heteroatoms. The van der Waals surface area contributed by atoms with E-state index in [0.717, 1.165) is 24.3 Å². The number of hydrogen-bond donors (Lipinski definition) is 0. The highest BCUT2D eigenvalue weighted by atomic mass is 16.5. The van der Waals surface area contributed by atoms with Gasteiger partial charge in [-0.05, 0) is 151 Å². The number of ether oxygens (including phenoxy) is 1. The largest absolute Gasteiger partial charge is 0.496 e. The van der Waals surface area contributed by atoms with E-state index in [0.29, 0.717) is 5.92 Å². The Morgan fingerprint density at radius 1 is 0.535 bits per heavy atom. The Morgan fingerprint density at radius 3 is 1.65 bits per heavy atom. The van der Waals surface area contributed by atoms with Crippen molar-refractivity contribution in [1.82, 2.24) is 0 Å². The summed E-state index contributed by atoms with van der Waals surface area (Å²) in [6.07, 6.45) is 4.02. The Kier molecular flexibility index (Phi) is 16.7. The molecule has 1 heterocycles. The second kappa shape index (κ2) is 21.8. The molecule has 7 aromatic rings. The summed E-state index contributed by atoms with van der Waals surface area (Å²) < 4.78 is 6.30. The normalized spacial score (nSPS) is 12.6. The lowest BCUT2D eigenvalue weighted by Crippen LogP contribution is -2.19. The van der Waals surface area contributed by atoms with Crippen LogP contribution in [0.15, 0.2) is 145 Å². The summed E-state index contributed by atoms with van der Waals surface area (Å²) in [6.45, 7) is 41.4. The van der Waals surface area contributed by atoms with E-state index in [9.17, 15) is 0 Å². The molecule has 6 aromatic carbocycles. The van der Waals surface area contributed by atoms with Gasteiger partial charge in [-0.15, -0.1) is 0 Å². The first-order chi connectivity index (χ1) is 33.2. The number of methoxy groups -OCH3 is 1. The van der Waals surface area contributed by atoms with Crippen LogP contribution in [-0.2, 0) is 34.5 Å². The van der Waals surface area contributed by atoms with Gasteiger partial charge in [-0.25, -0.2) is 4.98 Å². The van der Waals surface area contributed by atoms with Crippen LogP contribution in [0.5, 0.6) is 5.75 Å². The summed E-state index contributed by atoms with van der Waals surface area (Å²) in [5.41, 5.74) is 24.9. The third-order valence-corrected chi connectivity index (χ3v) is 14.5. The first-order valence-electron chi connectivity index (χ1n) is 26.2. The van der Waals surface area contributed by atoms with Crippen LogP contribution in [-0.4, -0.2) is 7.11 Å². The molecule has 0 aliphatic rings. The zero-order valence-corrected chi connectivity index (χ0v) is 47.2. The van der Waals surface area contributed by atoms with Crippen LogP contribution in [0.3, 0.4) is 0 Å². The number of aromatic nitrogens is 1. The average molecular weight is 945 g/mol. The molecule has 372 valence electrons. The molecule has 0 bridgehead atoms. The third-order valence-electron chi connectivity index (χ3n) is 14.5. The highest BCUT2D eigenvalue weighted by Gasteiger charge is 2.29. The molecule has 7 rings (SSSR count). The Bertz CT molecular complexity index is 2970. The van der Waals surface area contributed by atoms with Crippen LogP contribution in [0.2, 0.25) is 0 Å². The van der Waals surface area contributed by atoms with Gasteiger partial charge in [0, 0.05) is 28.8 Å². The van der Waals surface area contributed by atoms with Crippen molar-refractivity contribution in [3.63, 3.8) is 0 Å². The van der Waals surface area contributed by atoms with Gasteiger partial charge in [0.05, 0.1) is 7.11 Å². The molecular weight excluding hydrogens is 859 g/mol. The van der Waals surface area contributed by atoms with Gasteiger partial charge in [0.25, 0.3) is 0 Å². The monoisotopic (exact) mass is 945 g/mol. The third kappa shape index (κ3) is 12.7. The van der Waals surface area contributed by atoms with Gasteiger partial charge >= 0.3 is 0 Å². The highest BCUT2D eigenvalue weighted by molar-refractivity contribution is 5.82. The minimum absolute atomic E-state index is 0.00777. The van der Waals surface area contributed by atoms with Crippen LogP contribution in [0.25, 0.3) is 50.2 Å². The number of aromatic amines is 1. The molecule has 0 saturated carbocycles. The first-order valence-corrected chi connectivity index (χ1v) is 26.2. The standard InChI is InChI=1S/C51H63NO.C18H22/c1-32(2)41(34(4)45-29-39(50(9,10)11)30-46(48(45)53-15)51(12,13)14)31-42-33(3)20-19-23-40(42)43-27-38(49(6,7)8)28-44(35(43)5)47-26-37(24-25-52-47)36-21-17-16-18-22-36;1-5-14-11-12-16(18(2,3)4)13-17(14)15-9-7-6-8-10-15/h16-30,32H,31H2,1-15H3;6-13H,5H2,1-4H3/p+1/b41-34-;. The number of hydrogen-bond acceptors (Lipinski definition) is 1. The van der Waals surface area contributed by atoms with E-state index in [1.165, 1.54) is 100 Å². The van der Waals surface area contributed by atoms with Gasteiger partial charge in [0.15, 0.2) is 6.20 Å². The number of pyridine rings is 1. The van der Waals surface area contributed by atoms with Gasteiger partial charge in [-0.1, -0.05) is 219 Å². The van der Waals surface area contributed by atoms with Crippen LogP contribution < -0.4 is 9.72 Å². The van der Waals surface area contributed by atoms with Crippen molar-refractivity contribution in [3.8, 4) is 50.4 Å². The molecule has 0 fully saturated rings. The van der Waals surface area contributed by atoms with Crippen molar-refractivity contribution in [3.05, 3.63) is 195 Å². The van der Waals surface area contributed by atoms with E-state index in [-0.39, 0.29) is 21.7 Å². The maximum atomic E-state index is 6.30. The van der Waals surface area contributed by atoms with Gasteiger partial charge in [-0.2, -0.15) is 0 Å². The number of nitrogens with one attached hydrogen (secondary N) is 1. The highest BCUT2D eigenvalue weighted by Crippen LogP contribution is 2.45. The van der Waals surface area contributed by atoms with E-state index in [4.69, 9.17) is 4.74 Å². The van der Waals surface area contributed by atoms with Crippen molar-refractivity contribution in [2.75, 3.05) is 7.11 Å². The lowest BCUT2D eigenvalue weighted by Gasteiger charge is -2.30. The fourth-order valence-corrected chi connectivity index (χ4v) is 9.82. The number of rotatable bonds is 10. The molecule has 1 N–H and O–H groups in total. The SMILES string of the molecule is CCc1ccc(C(C)(C)C)cc1-c1ccccc1.COc1c(/C(C)=C(/Cc2c(C)cccc2-c2cc(C(C)(C)C)cc(-c3cc(-c4ccccc4)cc[nH+]3)c2C)C(C)C)cc(C(C)(C)C)cc1C(C)(C)C. The van der Waals surface area contributed by atoms with Crippen LogP contribution >= 0.6 is 0 Å².